The highest BCUT2D eigenvalue weighted by Gasteiger charge is 2.39. The lowest BCUT2D eigenvalue weighted by Gasteiger charge is -2.31. The van der Waals surface area contributed by atoms with Crippen LogP contribution in [0.15, 0.2) is 54.9 Å². The molecule has 1 fully saturated rings. The minimum atomic E-state index is 0.591. The van der Waals surface area contributed by atoms with Gasteiger partial charge in [0, 0.05) is 12.4 Å². The van der Waals surface area contributed by atoms with E-state index in [9.17, 15) is 0 Å². The summed E-state index contributed by atoms with van der Waals surface area (Å²) in [6.45, 7) is 4.70. The van der Waals surface area contributed by atoms with E-state index in [2.05, 4.69) is 67.5 Å². The maximum absolute atomic E-state index is 4.35. The van der Waals surface area contributed by atoms with Gasteiger partial charge in [-0.25, -0.2) is 0 Å². The standard InChI is InChI=1S/C19H23N/c1-14(2)18(15-7-4-3-5-8-15)19(16-10-11-16)17-9-6-12-20-13-17/h3-9,12-14,16,18-19H,10-11H2,1-2H3. The normalized spacial score (nSPS) is 17.9. The van der Waals surface area contributed by atoms with Gasteiger partial charge < -0.3 is 0 Å². The van der Waals surface area contributed by atoms with Crippen LogP contribution in [-0.2, 0) is 0 Å². The third kappa shape index (κ3) is 2.77. The Kier molecular flexibility index (Phi) is 3.86. The number of hydrogen-bond acceptors (Lipinski definition) is 1. The molecule has 1 heterocycles. The number of aromatic nitrogens is 1. The molecule has 3 rings (SSSR count). The minimum Gasteiger partial charge on any atom is -0.264 e. The SMILES string of the molecule is CC(C)C(c1ccccc1)C(c1cccnc1)C1CC1. The largest absolute Gasteiger partial charge is 0.264 e. The molecule has 2 aromatic rings. The Hall–Kier alpha value is -1.63. The summed E-state index contributed by atoms with van der Waals surface area (Å²) in [5, 5.41) is 0. The Morgan fingerprint density at radius 3 is 2.20 bits per heavy atom. The Bertz CT molecular complexity index is 485. The minimum absolute atomic E-state index is 0.591. The second-order valence-electron chi connectivity index (χ2n) is 6.33. The lowest BCUT2D eigenvalue weighted by atomic mass is 9.73. The van der Waals surface area contributed by atoms with Crippen LogP contribution in [0.1, 0.15) is 49.7 Å². The molecule has 104 valence electrons. The predicted octanol–water partition coefficient (Wildman–Crippen LogP) is 5.02. The van der Waals surface area contributed by atoms with E-state index in [4.69, 9.17) is 0 Å². The van der Waals surface area contributed by atoms with Crippen molar-refractivity contribution in [3.05, 3.63) is 66.0 Å². The Labute approximate surface area is 122 Å². The van der Waals surface area contributed by atoms with Gasteiger partial charge in [-0.2, -0.15) is 0 Å². The number of rotatable bonds is 5. The molecule has 1 aliphatic carbocycles. The molecule has 2 atom stereocenters. The second-order valence-corrected chi connectivity index (χ2v) is 6.33. The maximum atomic E-state index is 4.35. The van der Waals surface area contributed by atoms with Crippen LogP contribution in [0.4, 0.5) is 0 Å². The molecule has 2 unspecified atom stereocenters. The highest BCUT2D eigenvalue weighted by Crippen LogP contribution is 2.51. The van der Waals surface area contributed by atoms with E-state index >= 15 is 0 Å². The van der Waals surface area contributed by atoms with Crippen molar-refractivity contribution in [2.75, 3.05) is 0 Å². The first-order valence-corrected chi connectivity index (χ1v) is 7.72. The second kappa shape index (κ2) is 5.78. The van der Waals surface area contributed by atoms with Crippen molar-refractivity contribution < 1.29 is 0 Å². The molecule has 1 aromatic heterocycles. The Balaban J connectivity index is 1.99. The van der Waals surface area contributed by atoms with Crippen molar-refractivity contribution in [1.82, 2.24) is 4.98 Å². The van der Waals surface area contributed by atoms with E-state index in [1.165, 1.54) is 24.0 Å². The molecule has 1 saturated carbocycles. The molecule has 0 amide bonds. The Morgan fingerprint density at radius 2 is 1.65 bits per heavy atom. The van der Waals surface area contributed by atoms with Crippen molar-refractivity contribution in [3.8, 4) is 0 Å². The highest BCUT2D eigenvalue weighted by molar-refractivity contribution is 5.29. The first-order valence-electron chi connectivity index (χ1n) is 7.72. The smallest absolute Gasteiger partial charge is 0.0303 e. The lowest BCUT2D eigenvalue weighted by molar-refractivity contribution is 0.387. The molecule has 1 nitrogen and oxygen atoms in total. The van der Waals surface area contributed by atoms with E-state index in [-0.39, 0.29) is 0 Å². The maximum Gasteiger partial charge on any atom is 0.0303 e. The van der Waals surface area contributed by atoms with E-state index in [1.807, 2.05) is 6.20 Å². The van der Waals surface area contributed by atoms with Gasteiger partial charge in [-0.05, 0) is 53.7 Å². The molecular formula is C19H23N. The van der Waals surface area contributed by atoms with Gasteiger partial charge in [-0.1, -0.05) is 50.2 Å². The summed E-state index contributed by atoms with van der Waals surface area (Å²) in [6.07, 6.45) is 6.69. The predicted molar refractivity (Wildman–Crippen MR) is 83.7 cm³/mol. The van der Waals surface area contributed by atoms with Crippen LogP contribution in [0.2, 0.25) is 0 Å². The van der Waals surface area contributed by atoms with Gasteiger partial charge in [0.15, 0.2) is 0 Å². The van der Waals surface area contributed by atoms with Crippen LogP contribution >= 0.6 is 0 Å². The molecule has 1 aromatic carbocycles. The summed E-state index contributed by atoms with van der Waals surface area (Å²) in [7, 11) is 0. The molecule has 0 N–H and O–H groups in total. The van der Waals surface area contributed by atoms with E-state index in [0.717, 1.165) is 5.92 Å². The number of benzene rings is 1. The number of pyridine rings is 1. The zero-order chi connectivity index (χ0) is 13.9. The zero-order valence-electron chi connectivity index (χ0n) is 12.4. The van der Waals surface area contributed by atoms with Gasteiger partial charge in [0.05, 0.1) is 0 Å². The van der Waals surface area contributed by atoms with Crippen LogP contribution in [0.5, 0.6) is 0 Å². The van der Waals surface area contributed by atoms with Crippen molar-refractivity contribution in [2.45, 2.75) is 38.5 Å². The van der Waals surface area contributed by atoms with E-state index < -0.39 is 0 Å². The summed E-state index contributed by atoms with van der Waals surface area (Å²) in [4.78, 5) is 4.35. The summed E-state index contributed by atoms with van der Waals surface area (Å²) in [5.74, 6) is 2.69. The van der Waals surface area contributed by atoms with E-state index in [1.54, 1.807) is 0 Å². The molecule has 0 radical (unpaired) electrons. The van der Waals surface area contributed by atoms with Crippen LogP contribution in [0.3, 0.4) is 0 Å². The van der Waals surface area contributed by atoms with Crippen molar-refractivity contribution in [1.29, 1.82) is 0 Å². The molecule has 0 bridgehead atoms. The number of hydrogen-bond donors (Lipinski definition) is 0. The number of nitrogens with zero attached hydrogens (tertiary/aromatic N) is 1. The molecule has 0 spiro atoms. The fourth-order valence-electron chi connectivity index (χ4n) is 3.48. The van der Waals surface area contributed by atoms with E-state index in [0.29, 0.717) is 17.8 Å². The van der Waals surface area contributed by atoms with Gasteiger partial charge in [0.25, 0.3) is 0 Å². The van der Waals surface area contributed by atoms with Crippen molar-refractivity contribution >= 4 is 0 Å². The van der Waals surface area contributed by atoms with Crippen LogP contribution in [-0.4, -0.2) is 4.98 Å². The Morgan fingerprint density at radius 1 is 0.950 bits per heavy atom. The van der Waals surface area contributed by atoms with Crippen molar-refractivity contribution in [3.63, 3.8) is 0 Å². The summed E-state index contributed by atoms with van der Waals surface area (Å²) >= 11 is 0. The monoisotopic (exact) mass is 265 g/mol. The molecule has 0 aliphatic heterocycles. The molecular weight excluding hydrogens is 242 g/mol. The molecule has 20 heavy (non-hydrogen) atoms. The summed E-state index contributed by atoms with van der Waals surface area (Å²) in [6, 6.07) is 15.3. The van der Waals surface area contributed by atoms with Gasteiger partial charge in [-0.15, -0.1) is 0 Å². The fraction of sp³-hybridized carbons (Fsp3) is 0.421. The fourth-order valence-corrected chi connectivity index (χ4v) is 3.48. The third-order valence-corrected chi connectivity index (χ3v) is 4.49. The molecule has 0 saturated heterocycles. The van der Waals surface area contributed by atoms with Crippen molar-refractivity contribution in [2.24, 2.45) is 11.8 Å². The first kappa shape index (κ1) is 13.4. The van der Waals surface area contributed by atoms with Crippen LogP contribution in [0, 0.1) is 11.8 Å². The summed E-state index contributed by atoms with van der Waals surface area (Å²) in [5.41, 5.74) is 2.89. The third-order valence-electron chi connectivity index (χ3n) is 4.49. The lowest BCUT2D eigenvalue weighted by Crippen LogP contribution is -2.19. The van der Waals surface area contributed by atoms with Crippen LogP contribution < -0.4 is 0 Å². The highest BCUT2D eigenvalue weighted by atomic mass is 14.6. The van der Waals surface area contributed by atoms with Gasteiger partial charge in [0.1, 0.15) is 0 Å². The topological polar surface area (TPSA) is 12.9 Å². The average molecular weight is 265 g/mol. The van der Waals surface area contributed by atoms with Gasteiger partial charge >= 0.3 is 0 Å². The summed E-state index contributed by atoms with van der Waals surface area (Å²) < 4.78 is 0. The average Bonchev–Trinajstić information content (AvgIpc) is 3.30. The zero-order valence-corrected chi connectivity index (χ0v) is 12.4. The molecule has 1 aliphatic rings. The first-order chi connectivity index (χ1) is 9.77. The van der Waals surface area contributed by atoms with Crippen LogP contribution in [0.25, 0.3) is 0 Å². The molecule has 1 heteroatoms. The quantitative estimate of drug-likeness (QED) is 0.740. The van der Waals surface area contributed by atoms with Gasteiger partial charge in [0.2, 0.25) is 0 Å². The van der Waals surface area contributed by atoms with Gasteiger partial charge in [-0.3, -0.25) is 4.98 Å².